The van der Waals surface area contributed by atoms with Crippen LogP contribution in [0, 0.1) is 6.92 Å². The standard InChI is InChI=1S/C15H25NO/c1-4-16(12-8-7-10-14(3)17)15-11-6-5-9-13(15)2/h5-6,9,11,14,17H,4,7-8,10,12H2,1-3H3. The van der Waals surface area contributed by atoms with Crippen LogP contribution in [0.15, 0.2) is 24.3 Å². The number of aliphatic hydroxyl groups excluding tert-OH is 1. The van der Waals surface area contributed by atoms with Gasteiger partial charge in [0.05, 0.1) is 6.10 Å². The number of aryl methyl sites for hydroxylation is 1. The maximum Gasteiger partial charge on any atom is 0.0512 e. The number of hydrogen-bond donors (Lipinski definition) is 1. The zero-order valence-electron chi connectivity index (χ0n) is 11.3. The van der Waals surface area contributed by atoms with Crippen LogP contribution in [0.1, 0.15) is 38.7 Å². The summed E-state index contributed by atoms with van der Waals surface area (Å²) in [6.45, 7) is 8.33. The molecule has 17 heavy (non-hydrogen) atoms. The molecule has 0 spiro atoms. The summed E-state index contributed by atoms with van der Waals surface area (Å²) in [6.07, 6.45) is 2.99. The van der Waals surface area contributed by atoms with Crippen molar-refractivity contribution < 1.29 is 5.11 Å². The van der Waals surface area contributed by atoms with Gasteiger partial charge < -0.3 is 10.0 Å². The minimum absolute atomic E-state index is 0.163. The Morgan fingerprint density at radius 3 is 2.53 bits per heavy atom. The molecule has 0 aromatic heterocycles. The lowest BCUT2D eigenvalue weighted by molar-refractivity contribution is 0.181. The first kappa shape index (κ1) is 14.0. The van der Waals surface area contributed by atoms with Crippen LogP contribution < -0.4 is 4.90 Å². The first-order chi connectivity index (χ1) is 8.15. The first-order valence-electron chi connectivity index (χ1n) is 6.63. The van der Waals surface area contributed by atoms with Crippen molar-refractivity contribution in [2.45, 2.75) is 46.1 Å². The van der Waals surface area contributed by atoms with Gasteiger partial charge in [-0.1, -0.05) is 18.2 Å². The van der Waals surface area contributed by atoms with Gasteiger partial charge in [-0.3, -0.25) is 0 Å². The second-order valence-electron chi connectivity index (χ2n) is 4.71. The Labute approximate surface area is 105 Å². The number of rotatable bonds is 7. The van der Waals surface area contributed by atoms with Gasteiger partial charge in [-0.2, -0.15) is 0 Å². The second-order valence-corrected chi connectivity index (χ2v) is 4.71. The zero-order valence-corrected chi connectivity index (χ0v) is 11.3. The predicted molar refractivity (Wildman–Crippen MR) is 74.6 cm³/mol. The summed E-state index contributed by atoms with van der Waals surface area (Å²) < 4.78 is 0. The van der Waals surface area contributed by atoms with E-state index < -0.39 is 0 Å². The predicted octanol–water partition coefficient (Wildman–Crippen LogP) is 3.37. The van der Waals surface area contributed by atoms with Crippen LogP contribution in [0.3, 0.4) is 0 Å². The Morgan fingerprint density at radius 2 is 1.94 bits per heavy atom. The van der Waals surface area contributed by atoms with Gasteiger partial charge in [0.15, 0.2) is 0 Å². The summed E-state index contributed by atoms with van der Waals surface area (Å²) in [6, 6.07) is 8.53. The molecule has 0 aliphatic rings. The molecule has 0 saturated heterocycles. The van der Waals surface area contributed by atoms with E-state index in [4.69, 9.17) is 0 Å². The molecular weight excluding hydrogens is 210 g/mol. The molecule has 2 nitrogen and oxygen atoms in total. The number of hydrogen-bond acceptors (Lipinski definition) is 2. The number of aliphatic hydroxyl groups is 1. The average molecular weight is 235 g/mol. The molecule has 0 aliphatic heterocycles. The number of nitrogens with zero attached hydrogens (tertiary/aromatic N) is 1. The Kier molecular flexibility index (Phi) is 6.06. The van der Waals surface area contributed by atoms with Crippen LogP contribution in [0.5, 0.6) is 0 Å². The van der Waals surface area contributed by atoms with E-state index in [2.05, 4.69) is 43.0 Å². The minimum Gasteiger partial charge on any atom is -0.393 e. The molecule has 0 bridgehead atoms. The third-order valence-corrected chi connectivity index (χ3v) is 3.14. The zero-order chi connectivity index (χ0) is 12.7. The third kappa shape index (κ3) is 4.78. The van der Waals surface area contributed by atoms with Crippen LogP contribution >= 0.6 is 0 Å². The topological polar surface area (TPSA) is 23.5 Å². The molecule has 1 unspecified atom stereocenters. The summed E-state index contributed by atoms with van der Waals surface area (Å²) in [5.74, 6) is 0. The molecule has 1 aromatic rings. The summed E-state index contributed by atoms with van der Waals surface area (Å²) in [7, 11) is 0. The summed E-state index contributed by atoms with van der Waals surface area (Å²) in [5.41, 5.74) is 2.68. The third-order valence-electron chi connectivity index (χ3n) is 3.14. The van der Waals surface area contributed by atoms with Crippen molar-refractivity contribution >= 4 is 5.69 Å². The Bertz CT molecular complexity index is 322. The molecule has 1 N–H and O–H groups in total. The van der Waals surface area contributed by atoms with Crippen LogP contribution in [0.25, 0.3) is 0 Å². The van der Waals surface area contributed by atoms with E-state index in [0.717, 1.165) is 32.4 Å². The molecule has 1 aromatic carbocycles. The van der Waals surface area contributed by atoms with Gasteiger partial charge in [0.1, 0.15) is 0 Å². The Hall–Kier alpha value is -1.02. The van der Waals surface area contributed by atoms with Crippen molar-refractivity contribution in [1.29, 1.82) is 0 Å². The summed E-state index contributed by atoms with van der Waals surface area (Å²) in [5, 5.41) is 9.22. The fourth-order valence-corrected chi connectivity index (χ4v) is 2.11. The Morgan fingerprint density at radius 1 is 1.24 bits per heavy atom. The van der Waals surface area contributed by atoms with Crippen molar-refractivity contribution in [3.05, 3.63) is 29.8 Å². The van der Waals surface area contributed by atoms with E-state index in [1.54, 1.807) is 0 Å². The summed E-state index contributed by atoms with van der Waals surface area (Å²) >= 11 is 0. The average Bonchev–Trinajstić information content (AvgIpc) is 2.30. The number of benzene rings is 1. The Balaban J connectivity index is 2.46. The molecule has 2 heteroatoms. The highest BCUT2D eigenvalue weighted by Gasteiger charge is 2.06. The molecule has 0 aliphatic carbocycles. The van der Waals surface area contributed by atoms with Crippen molar-refractivity contribution in [3.8, 4) is 0 Å². The van der Waals surface area contributed by atoms with E-state index in [-0.39, 0.29) is 6.10 Å². The van der Waals surface area contributed by atoms with Gasteiger partial charge in [0.25, 0.3) is 0 Å². The molecule has 0 heterocycles. The normalized spacial score (nSPS) is 12.5. The molecule has 0 amide bonds. The van der Waals surface area contributed by atoms with E-state index in [9.17, 15) is 5.11 Å². The highest BCUT2D eigenvalue weighted by molar-refractivity contribution is 5.52. The number of unbranched alkanes of at least 4 members (excludes halogenated alkanes) is 1. The van der Waals surface area contributed by atoms with E-state index in [1.165, 1.54) is 11.3 Å². The van der Waals surface area contributed by atoms with Crippen LogP contribution in [0.2, 0.25) is 0 Å². The van der Waals surface area contributed by atoms with E-state index in [1.807, 2.05) is 6.92 Å². The van der Waals surface area contributed by atoms with Crippen molar-refractivity contribution in [3.63, 3.8) is 0 Å². The molecule has 1 atom stereocenters. The van der Waals surface area contributed by atoms with Crippen molar-refractivity contribution in [1.82, 2.24) is 0 Å². The van der Waals surface area contributed by atoms with Crippen molar-refractivity contribution in [2.24, 2.45) is 0 Å². The lowest BCUT2D eigenvalue weighted by atomic mass is 10.1. The molecule has 0 radical (unpaired) electrons. The second kappa shape index (κ2) is 7.33. The van der Waals surface area contributed by atoms with Gasteiger partial charge >= 0.3 is 0 Å². The smallest absolute Gasteiger partial charge is 0.0512 e. The molecule has 0 fully saturated rings. The summed E-state index contributed by atoms with van der Waals surface area (Å²) in [4.78, 5) is 2.41. The van der Waals surface area contributed by atoms with Gasteiger partial charge in [-0.05, 0) is 51.7 Å². The van der Waals surface area contributed by atoms with E-state index >= 15 is 0 Å². The molecule has 96 valence electrons. The monoisotopic (exact) mass is 235 g/mol. The fraction of sp³-hybridized carbons (Fsp3) is 0.600. The number of para-hydroxylation sites is 1. The fourth-order valence-electron chi connectivity index (χ4n) is 2.11. The van der Waals surface area contributed by atoms with Crippen LogP contribution in [-0.2, 0) is 0 Å². The highest BCUT2D eigenvalue weighted by Crippen LogP contribution is 2.19. The quantitative estimate of drug-likeness (QED) is 0.732. The molecule has 1 rings (SSSR count). The van der Waals surface area contributed by atoms with Crippen LogP contribution in [0.4, 0.5) is 5.69 Å². The highest BCUT2D eigenvalue weighted by atomic mass is 16.3. The lowest BCUT2D eigenvalue weighted by Gasteiger charge is -2.25. The van der Waals surface area contributed by atoms with Gasteiger partial charge in [-0.15, -0.1) is 0 Å². The minimum atomic E-state index is -0.163. The largest absolute Gasteiger partial charge is 0.393 e. The first-order valence-corrected chi connectivity index (χ1v) is 6.63. The van der Waals surface area contributed by atoms with Crippen LogP contribution in [-0.4, -0.2) is 24.3 Å². The maximum absolute atomic E-state index is 9.22. The van der Waals surface area contributed by atoms with Crippen molar-refractivity contribution in [2.75, 3.05) is 18.0 Å². The molecular formula is C15H25NO. The maximum atomic E-state index is 9.22. The lowest BCUT2D eigenvalue weighted by Crippen LogP contribution is -2.24. The number of anilines is 1. The van der Waals surface area contributed by atoms with Gasteiger partial charge in [0.2, 0.25) is 0 Å². The van der Waals surface area contributed by atoms with Gasteiger partial charge in [0, 0.05) is 18.8 Å². The molecule has 0 saturated carbocycles. The SMILES string of the molecule is CCN(CCCCC(C)O)c1ccccc1C. The van der Waals surface area contributed by atoms with E-state index in [0.29, 0.717) is 0 Å². The van der Waals surface area contributed by atoms with Gasteiger partial charge in [-0.25, -0.2) is 0 Å².